The van der Waals surface area contributed by atoms with Crippen LogP contribution in [0.15, 0.2) is 28.7 Å². The highest BCUT2D eigenvalue weighted by molar-refractivity contribution is 5.90. The predicted octanol–water partition coefficient (Wildman–Crippen LogP) is 1.22. The van der Waals surface area contributed by atoms with Crippen LogP contribution in [0.4, 0.5) is 4.79 Å². The van der Waals surface area contributed by atoms with Crippen molar-refractivity contribution in [2.24, 2.45) is 0 Å². The van der Waals surface area contributed by atoms with E-state index in [1.807, 2.05) is 24.3 Å². The number of urea groups is 1. The zero-order valence-corrected chi connectivity index (χ0v) is 12.6. The number of benzene rings is 1. The van der Waals surface area contributed by atoms with Crippen molar-refractivity contribution in [2.75, 3.05) is 19.6 Å². The minimum atomic E-state index is -0.468. The number of piperidine rings is 1. The van der Waals surface area contributed by atoms with E-state index in [4.69, 9.17) is 4.42 Å². The molecule has 0 aliphatic carbocycles. The molecule has 3 amide bonds. The quantitative estimate of drug-likeness (QED) is 0.872. The molecule has 2 aromatic rings. The predicted molar refractivity (Wildman–Crippen MR) is 82.9 cm³/mol. The molecule has 1 aromatic carbocycles. The minimum Gasteiger partial charge on any atom is -0.440 e. The van der Waals surface area contributed by atoms with Crippen LogP contribution >= 0.6 is 0 Å². The van der Waals surface area contributed by atoms with Crippen molar-refractivity contribution < 1.29 is 14.0 Å². The standard InChI is InChI=1S/C16H18N4O3/c21-15(12-8-17-16(22)19-12)20-7-3-4-10(9-20)14-18-11-5-1-2-6-13(11)23-14/h1-2,5-6,10,12H,3-4,7-9H2,(H2,17,19,22)/t10-,12+/m1/s1. The van der Waals surface area contributed by atoms with E-state index < -0.39 is 6.04 Å². The fraction of sp³-hybridized carbons (Fsp3) is 0.438. The van der Waals surface area contributed by atoms with Gasteiger partial charge < -0.3 is 20.0 Å². The lowest BCUT2D eigenvalue weighted by Crippen LogP contribution is -2.48. The van der Waals surface area contributed by atoms with E-state index in [0.717, 1.165) is 23.9 Å². The highest BCUT2D eigenvalue weighted by Gasteiger charge is 2.34. The number of hydrogen-bond donors (Lipinski definition) is 2. The molecule has 2 N–H and O–H groups in total. The Labute approximate surface area is 133 Å². The van der Waals surface area contributed by atoms with Crippen LogP contribution in [0.25, 0.3) is 11.1 Å². The van der Waals surface area contributed by atoms with E-state index >= 15 is 0 Å². The van der Waals surface area contributed by atoms with Gasteiger partial charge in [0.1, 0.15) is 11.6 Å². The van der Waals surface area contributed by atoms with Crippen molar-refractivity contribution in [1.82, 2.24) is 20.5 Å². The second kappa shape index (κ2) is 5.57. The third-order valence-corrected chi connectivity index (χ3v) is 4.46. The van der Waals surface area contributed by atoms with Crippen LogP contribution in [0.2, 0.25) is 0 Å². The van der Waals surface area contributed by atoms with Gasteiger partial charge in [0.15, 0.2) is 11.5 Å². The number of nitrogens with one attached hydrogen (secondary N) is 2. The average molecular weight is 314 g/mol. The minimum absolute atomic E-state index is 0.0378. The van der Waals surface area contributed by atoms with E-state index in [2.05, 4.69) is 15.6 Å². The Hall–Kier alpha value is -2.57. The van der Waals surface area contributed by atoms with Crippen molar-refractivity contribution in [2.45, 2.75) is 24.8 Å². The summed E-state index contributed by atoms with van der Waals surface area (Å²) in [6.07, 6.45) is 1.86. The highest BCUT2D eigenvalue weighted by Crippen LogP contribution is 2.29. The first kappa shape index (κ1) is 14.0. The van der Waals surface area contributed by atoms with Crippen LogP contribution in [-0.2, 0) is 4.79 Å². The molecule has 0 unspecified atom stereocenters. The first-order valence-corrected chi connectivity index (χ1v) is 7.89. The number of nitrogens with zero attached hydrogens (tertiary/aromatic N) is 2. The molecule has 2 aliphatic rings. The molecule has 2 saturated heterocycles. The molecule has 2 fully saturated rings. The summed E-state index contributed by atoms with van der Waals surface area (Å²) < 4.78 is 5.85. The number of para-hydroxylation sites is 2. The van der Waals surface area contributed by atoms with Gasteiger partial charge in [-0.15, -0.1) is 0 Å². The Morgan fingerprint density at radius 1 is 1.35 bits per heavy atom. The molecule has 0 spiro atoms. The normalized spacial score (nSPS) is 24.5. The first-order chi connectivity index (χ1) is 11.2. The summed E-state index contributed by atoms with van der Waals surface area (Å²) in [4.78, 5) is 30.1. The Morgan fingerprint density at radius 2 is 2.22 bits per heavy atom. The van der Waals surface area contributed by atoms with E-state index in [9.17, 15) is 9.59 Å². The fourth-order valence-corrected chi connectivity index (χ4v) is 3.27. The molecular weight excluding hydrogens is 296 g/mol. The SMILES string of the molecule is O=C1NC[C@@H](C(=O)N2CCC[C@@H](c3nc4ccccc4o3)C2)N1. The fourth-order valence-electron chi connectivity index (χ4n) is 3.27. The van der Waals surface area contributed by atoms with Gasteiger partial charge in [0.25, 0.3) is 0 Å². The Kier molecular flexibility index (Phi) is 3.40. The van der Waals surface area contributed by atoms with Gasteiger partial charge in [-0.1, -0.05) is 12.1 Å². The van der Waals surface area contributed by atoms with Gasteiger partial charge in [-0.3, -0.25) is 4.79 Å². The van der Waals surface area contributed by atoms with Crippen LogP contribution in [-0.4, -0.2) is 47.5 Å². The molecule has 4 rings (SSSR count). The van der Waals surface area contributed by atoms with Gasteiger partial charge >= 0.3 is 6.03 Å². The molecule has 7 nitrogen and oxygen atoms in total. The Balaban J connectivity index is 1.50. The number of hydrogen-bond acceptors (Lipinski definition) is 4. The second-order valence-electron chi connectivity index (χ2n) is 6.05. The zero-order chi connectivity index (χ0) is 15.8. The van der Waals surface area contributed by atoms with Crippen molar-refractivity contribution in [3.8, 4) is 0 Å². The summed E-state index contributed by atoms with van der Waals surface area (Å²) in [5.74, 6) is 0.756. The van der Waals surface area contributed by atoms with Crippen molar-refractivity contribution >= 4 is 23.0 Å². The van der Waals surface area contributed by atoms with E-state index in [0.29, 0.717) is 25.5 Å². The summed E-state index contributed by atoms with van der Waals surface area (Å²) in [6.45, 7) is 1.64. The molecule has 3 heterocycles. The van der Waals surface area contributed by atoms with Crippen molar-refractivity contribution in [1.29, 1.82) is 0 Å². The van der Waals surface area contributed by atoms with Gasteiger partial charge in [0, 0.05) is 19.6 Å². The lowest BCUT2D eigenvalue weighted by molar-refractivity contribution is -0.134. The molecule has 7 heteroatoms. The molecule has 0 saturated carbocycles. The van der Waals surface area contributed by atoms with Crippen LogP contribution in [0, 0.1) is 0 Å². The molecule has 2 aliphatic heterocycles. The summed E-state index contributed by atoms with van der Waals surface area (Å²) in [5, 5.41) is 5.27. The smallest absolute Gasteiger partial charge is 0.315 e. The number of rotatable bonds is 2. The monoisotopic (exact) mass is 314 g/mol. The third kappa shape index (κ3) is 2.62. The number of aromatic nitrogens is 1. The van der Waals surface area contributed by atoms with Gasteiger partial charge in [-0.2, -0.15) is 0 Å². The number of oxazole rings is 1. The highest BCUT2D eigenvalue weighted by atomic mass is 16.3. The topological polar surface area (TPSA) is 87.5 Å². The lowest BCUT2D eigenvalue weighted by Gasteiger charge is -2.32. The number of likely N-dealkylation sites (tertiary alicyclic amines) is 1. The Morgan fingerprint density at radius 3 is 3.00 bits per heavy atom. The van der Waals surface area contributed by atoms with Crippen LogP contribution in [0.5, 0.6) is 0 Å². The molecule has 0 radical (unpaired) electrons. The van der Waals surface area contributed by atoms with Crippen molar-refractivity contribution in [3.05, 3.63) is 30.2 Å². The summed E-state index contributed by atoms with van der Waals surface area (Å²) in [7, 11) is 0. The van der Waals surface area contributed by atoms with Gasteiger partial charge in [0.05, 0.1) is 5.92 Å². The summed E-state index contributed by atoms with van der Waals surface area (Å²) >= 11 is 0. The van der Waals surface area contributed by atoms with E-state index in [1.54, 1.807) is 4.90 Å². The van der Waals surface area contributed by atoms with E-state index in [-0.39, 0.29) is 17.9 Å². The number of carbonyl (C=O) groups is 2. The summed E-state index contributed by atoms with van der Waals surface area (Å²) in [6, 6.07) is 6.93. The Bertz CT molecular complexity index is 724. The van der Waals surface area contributed by atoms with Crippen LogP contribution in [0.3, 0.4) is 0 Å². The molecule has 2 atom stereocenters. The van der Waals surface area contributed by atoms with Crippen molar-refractivity contribution in [3.63, 3.8) is 0 Å². The number of fused-ring (bicyclic) bond motifs is 1. The molecule has 120 valence electrons. The lowest BCUT2D eigenvalue weighted by atomic mass is 9.97. The van der Waals surface area contributed by atoms with E-state index in [1.165, 1.54) is 0 Å². The molecule has 23 heavy (non-hydrogen) atoms. The molecule has 1 aromatic heterocycles. The number of amides is 3. The zero-order valence-electron chi connectivity index (χ0n) is 12.6. The first-order valence-electron chi connectivity index (χ1n) is 7.89. The van der Waals surface area contributed by atoms with Gasteiger partial charge in [0.2, 0.25) is 5.91 Å². The number of carbonyl (C=O) groups excluding carboxylic acids is 2. The van der Waals surface area contributed by atoms with Crippen LogP contribution in [0.1, 0.15) is 24.7 Å². The molecular formula is C16H18N4O3. The maximum Gasteiger partial charge on any atom is 0.315 e. The molecule has 0 bridgehead atoms. The maximum atomic E-state index is 12.5. The second-order valence-corrected chi connectivity index (χ2v) is 6.05. The van der Waals surface area contributed by atoms with Gasteiger partial charge in [-0.25, -0.2) is 9.78 Å². The van der Waals surface area contributed by atoms with Crippen LogP contribution < -0.4 is 10.6 Å². The summed E-state index contributed by atoms with van der Waals surface area (Å²) in [5.41, 5.74) is 1.62. The third-order valence-electron chi connectivity index (χ3n) is 4.46. The largest absolute Gasteiger partial charge is 0.440 e. The maximum absolute atomic E-state index is 12.5. The average Bonchev–Trinajstić information content (AvgIpc) is 3.20. The van der Waals surface area contributed by atoms with Gasteiger partial charge in [-0.05, 0) is 25.0 Å².